The summed E-state index contributed by atoms with van der Waals surface area (Å²) < 4.78 is 7.12. The van der Waals surface area contributed by atoms with E-state index in [1.165, 1.54) is 0 Å². The molecule has 49 heavy (non-hydrogen) atoms. The second kappa shape index (κ2) is 15.1. The van der Waals surface area contributed by atoms with E-state index in [0.29, 0.717) is 35.5 Å². The molecule has 3 aromatic carbocycles. The second-order valence-electron chi connectivity index (χ2n) is 13.3. The number of hydrogen-bond donors (Lipinski definition) is 3. The van der Waals surface area contributed by atoms with Gasteiger partial charge in [-0.05, 0) is 88.9 Å². The Balaban J connectivity index is 1.29. The van der Waals surface area contributed by atoms with Crippen molar-refractivity contribution in [2.45, 2.75) is 71.1 Å². The van der Waals surface area contributed by atoms with Crippen LogP contribution >= 0.6 is 0 Å². The molecule has 2 heterocycles. The van der Waals surface area contributed by atoms with Gasteiger partial charge in [0.25, 0.3) is 0 Å². The molecule has 0 spiro atoms. The molecule has 0 aliphatic carbocycles. The fourth-order valence-electron chi connectivity index (χ4n) is 5.79. The highest BCUT2D eigenvalue weighted by Crippen LogP contribution is 2.31. The number of aryl methyl sites for hydroxylation is 2. The van der Waals surface area contributed by atoms with Crippen molar-refractivity contribution in [2.75, 3.05) is 11.9 Å². The van der Waals surface area contributed by atoms with E-state index in [9.17, 15) is 19.5 Å². The Hall–Kier alpha value is -5.56. The van der Waals surface area contributed by atoms with Crippen molar-refractivity contribution in [1.29, 1.82) is 0 Å². The maximum absolute atomic E-state index is 14.0. The maximum atomic E-state index is 14.0. The van der Waals surface area contributed by atoms with Crippen molar-refractivity contribution >= 4 is 23.6 Å². The van der Waals surface area contributed by atoms with Crippen molar-refractivity contribution in [3.05, 3.63) is 101 Å². The molecule has 1 aliphatic rings. The third-order valence-corrected chi connectivity index (χ3v) is 8.09. The van der Waals surface area contributed by atoms with Crippen LogP contribution in [0.3, 0.4) is 0 Å². The lowest BCUT2D eigenvalue weighted by atomic mass is 9.98. The van der Waals surface area contributed by atoms with Crippen LogP contribution in [-0.4, -0.2) is 61.9 Å². The van der Waals surface area contributed by atoms with Crippen LogP contribution in [0.2, 0.25) is 0 Å². The first-order valence-corrected chi connectivity index (χ1v) is 16.5. The zero-order chi connectivity index (χ0) is 35.1. The van der Waals surface area contributed by atoms with E-state index >= 15 is 0 Å². The Morgan fingerprint density at radius 1 is 1.02 bits per heavy atom. The van der Waals surface area contributed by atoms with E-state index < -0.39 is 23.8 Å². The third kappa shape index (κ3) is 9.29. The summed E-state index contributed by atoms with van der Waals surface area (Å²) in [6.07, 6.45) is 3.46. The van der Waals surface area contributed by atoms with Crippen LogP contribution in [0.1, 0.15) is 62.3 Å². The lowest BCUT2D eigenvalue weighted by Crippen LogP contribution is -2.57. The number of nitrogens with one attached hydrogen (secondary N) is 2. The van der Waals surface area contributed by atoms with Gasteiger partial charge >= 0.3 is 6.09 Å². The molecule has 0 radical (unpaired) electrons. The van der Waals surface area contributed by atoms with Crippen LogP contribution in [0.4, 0.5) is 10.5 Å². The Kier molecular flexibility index (Phi) is 10.7. The standard InChI is InChI=1S/C39H43N5O5/c1-26-14-21-34(45)31(23-26)35-29(25-43(5)42-35)18-15-27-16-19-30(20-17-27)40-36(46)33-13-9-10-22-44(33)37(47)32(24-28-11-7-6-8-12-28)41-38(48)49-39(2,3)4/h6-8,11-12,14,16-17,19-21,23,25,32-33,45H,9-10,13,22,24H2,1-5H3,(H,40,46)(H,41,48)/t32-,33+/m0/s1. The first kappa shape index (κ1) is 34.8. The number of phenols is 1. The number of benzene rings is 3. The molecule has 254 valence electrons. The fourth-order valence-corrected chi connectivity index (χ4v) is 5.79. The molecule has 1 fully saturated rings. The van der Waals surface area contributed by atoms with Gasteiger partial charge in [0, 0.05) is 43.0 Å². The lowest BCUT2D eigenvalue weighted by molar-refractivity contribution is -0.142. The Morgan fingerprint density at radius 2 is 1.76 bits per heavy atom. The van der Waals surface area contributed by atoms with E-state index in [4.69, 9.17) is 4.74 Å². The maximum Gasteiger partial charge on any atom is 0.408 e. The van der Waals surface area contributed by atoms with Gasteiger partial charge in [-0.25, -0.2) is 4.79 Å². The second-order valence-corrected chi connectivity index (χ2v) is 13.3. The van der Waals surface area contributed by atoms with Crippen molar-refractivity contribution in [1.82, 2.24) is 20.0 Å². The summed E-state index contributed by atoms with van der Waals surface area (Å²) in [7, 11) is 1.81. The minimum Gasteiger partial charge on any atom is -0.507 e. The fraction of sp³-hybridized carbons (Fsp3) is 0.333. The van der Waals surface area contributed by atoms with Gasteiger partial charge in [0.15, 0.2) is 0 Å². The van der Waals surface area contributed by atoms with Gasteiger partial charge in [0.2, 0.25) is 11.8 Å². The van der Waals surface area contributed by atoms with Crippen molar-refractivity contribution in [3.8, 4) is 28.8 Å². The van der Waals surface area contributed by atoms with Crippen molar-refractivity contribution in [2.24, 2.45) is 7.05 Å². The number of phenolic OH excluding ortho intramolecular Hbond substituents is 1. The number of carbonyl (C=O) groups is 3. The third-order valence-electron chi connectivity index (χ3n) is 8.09. The molecule has 4 aromatic rings. The predicted molar refractivity (Wildman–Crippen MR) is 189 cm³/mol. The Morgan fingerprint density at radius 3 is 2.47 bits per heavy atom. The number of amides is 3. The van der Waals surface area contributed by atoms with Gasteiger partial charge in [-0.3, -0.25) is 14.3 Å². The zero-order valence-electron chi connectivity index (χ0n) is 28.6. The summed E-state index contributed by atoms with van der Waals surface area (Å²) in [4.78, 5) is 42.0. The minimum absolute atomic E-state index is 0.136. The molecule has 1 saturated heterocycles. The molecule has 1 aliphatic heterocycles. The summed E-state index contributed by atoms with van der Waals surface area (Å²) in [5, 5.41) is 20.7. The molecule has 2 atom stereocenters. The molecule has 10 nitrogen and oxygen atoms in total. The number of alkyl carbamates (subject to hydrolysis) is 1. The first-order chi connectivity index (χ1) is 23.4. The summed E-state index contributed by atoms with van der Waals surface area (Å²) in [5.41, 5.74) is 4.34. The van der Waals surface area contributed by atoms with Crippen LogP contribution in [0.5, 0.6) is 5.75 Å². The number of aromatic hydroxyl groups is 1. The molecule has 3 N–H and O–H groups in total. The summed E-state index contributed by atoms with van der Waals surface area (Å²) in [6, 6.07) is 20.4. The molecule has 0 bridgehead atoms. The summed E-state index contributed by atoms with van der Waals surface area (Å²) in [6.45, 7) is 7.65. The Labute approximate surface area is 287 Å². The van der Waals surface area contributed by atoms with Crippen LogP contribution in [0.15, 0.2) is 79.0 Å². The van der Waals surface area contributed by atoms with E-state index in [-0.39, 0.29) is 24.0 Å². The zero-order valence-corrected chi connectivity index (χ0v) is 28.6. The van der Waals surface area contributed by atoms with E-state index in [1.54, 1.807) is 55.6 Å². The van der Waals surface area contributed by atoms with E-state index in [0.717, 1.165) is 29.5 Å². The number of rotatable bonds is 7. The molecular formula is C39H43N5O5. The molecule has 0 unspecified atom stereocenters. The highest BCUT2D eigenvalue weighted by atomic mass is 16.6. The quantitative estimate of drug-likeness (QED) is 0.210. The highest BCUT2D eigenvalue weighted by Gasteiger charge is 2.37. The number of likely N-dealkylation sites (tertiary alicyclic amines) is 1. The minimum atomic E-state index is -0.904. The SMILES string of the molecule is Cc1ccc(O)c(-c2nn(C)cc2C#Cc2ccc(NC(=O)[C@H]3CCCCN3C(=O)[C@H](Cc3ccccc3)NC(=O)OC(C)(C)C)cc2)c1. The first-order valence-electron chi connectivity index (χ1n) is 16.5. The monoisotopic (exact) mass is 661 g/mol. The molecule has 5 rings (SSSR count). The molecule has 10 heteroatoms. The molecule has 1 aromatic heterocycles. The predicted octanol–water partition coefficient (Wildman–Crippen LogP) is 5.96. The molecular weight excluding hydrogens is 618 g/mol. The number of aromatic nitrogens is 2. The van der Waals surface area contributed by atoms with Crippen LogP contribution in [-0.2, 0) is 27.8 Å². The lowest BCUT2D eigenvalue weighted by Gasteiger charge is -2.37. The van der Waals surface area contributed by atoms with Gasteiger partial charge in [-0.1, -0.05) is 53.8 Å². The number of piperidine rings is 1. The van der Waals surface area contributed by atoms with Gasteiger partial charge in [-0.2, -0.15) is 5.10 Å². The number of anilines is 1. The van der Waals surface area contributed by atoms with Crippen molar-refractivity contribution < 1.29 is 24.2 Å². The van der Waals surface area contributed by atoms with Crippen LogP contribution in [0, 0.1) is 18.8 Å². The largest absolute Gasteiger partial charge is 0.507 e. The van der Waals surface area contributed by atoms with Gasteiger partial charge in [0.05, 0.1) is 5.56 Å². The Bertz CT molecular complexity index is 1870. The number of ether oxygens (including phenoxy) is 1. The van der Waals surface area contributed by atoms with Gasteiger partial charge in [0.1, 0.15) is 29.1 Å². The van der Waals surface area contributed by atoms with Crippen LogP contribution in [0.25, 0.3) is 11.3 Å². The van der Waals surface area contributed by atoms with E-state index in [2.05, 4.69) is 27.6 Å². The number of nitrogens with zero attached hydrogens (tertiary/aromatic N) is 3. The smallest absolute Gasteiger partial charge is 0.408 e. The number of hydrogen-bond acceptors (Lipinski definition) is 6. The summed E-state index contributed by atoms with van der Waals surface area (Å²) in [5.74, 6) is 5.84. The van der Waals surface area contributed by atoms with Gasteiger partial charge in [-0.15, -0.1) is 0 Å². The highest BCUT2D eigenvalue weighted by molar-refractivity contribution is 5.98. The van der Waals surface area contributed by atoms with Gasteiger partial charge < -0.3 is 25.4 Å². The average molecular weight is 662 g/mol. The molecule has 3 amide bonds. The number of carbonyl (C=O) groups excluding carboxylic acids is 3. The van der Waals surface area contributed by atoms with E-state index in [1.807, 2.05) is 67.7 Å². The molecule has 0 saturated carbocycles. The van der Waals surface area contributed by atoms with Crippen molar-refractivity contribution in [3.63, 3.8) is 0 Å². The average Bonchev–Trinajstić information content (AvgIpc) is 3.44. The normalized spacial score (nSPS) is 15.0. The van der Waals surface area contributed by atoms with Crippen LogP contribution < -0.4 is 10.6 Å². The summed E-state index contributed by atoms with van der Waals surface area (Å²) >= 11 is 0. The topological polar surface area (TPSA) is 126 Å².